The number of aliphatic hydroxyl groups excluding tert-OH is 1. The SMILES string of the molecule is CCN(CCO)Cc1ccc(-c2cc(C(=O)O)ccn2)n1CCc1ccc(F)cc1. The Labute approximate surface area is 175 Å². The first-order valence-corrected chi connectivity index (χ1v) is 9.97. The second kappa shape index (κ2) is 10.1. The van der Waals surface area contributed by atoms with Crippen LogP contribution in [0.4, 0.5) is 4.39 Å². The van der Waals surface area contributed by atoms with Gasteiger partial charge in [0.05, 0.1) is 23.6 Å². The lowest BCUT2D eigenvalue weighted by atomic mass is 10.1. The minimum Gasteiger partial charge on any atom is -0.478 e. The van der Waals surface area contributed by atoms with Gasteiger partial charge in [0.25, 0.3) is 0 Å². The summed E-state index contributed by atoms with van der Waals surface area (Å²) in [5.41, 5.74) is 3.66. The number of nitrogens with zero attached hydrogens (tertiary/aromatic N) is 3. The zero-order valence-electron chi connectivity index (χ0n) is 17.0. The molecule has 0 spiro atoms. The summed E-state index contributed by atoms with van der Waals surface area (Å²) in [5, 5.41) is 18.6. The number of aliphatic hydroxyl groups is 1. The Bertz CT molecular complexity index is 986. The maximum absolute atomic E-state index is 13.2. The first-order valence-electron chi connectivity index (χ1n) is 9.97. The Morgan fingerprint density at radius 2 is 1.93 bits per heavy atom. The first-order chi connectivity index (χ1) is 14.5. The van der Waals surface area contributed by atoms with E-state index < -0.39 is 5.97 Å². The fraction of sp³-hybridized carbons (Fsp3) is 0.304. The van der Waals surface area contributed by atoms with Crippen molar-refractivity contribution in [2.75, 3.05) is 19.7 Å². The van der Waals surface area contributed by atoms with Crippen molar-refractivity contribution >= 4 is 5.97 Å². The van der Waals surface area contributed by atoms with Gasteiger partial charge in [-0.3, -0.25) is 9.88 Å². The molecule has 0 aliphatic rings. The van der Waals surface area contributed by atoms with E-state index >= 15 is 0 Å². The molecule has 0 aliphatic carbocycles. The average Bonchev–Trinajstić information content (AvgIpc) is 3.15. The molecule has 0 saturated heterocycles. The molecule has 6 nitrogen and oxygen atoms in total. The number of carboxylic acid groups (broad SMARTS) is 1. The average molecular weight is 411 g/mol. The molecule has 2 aromatic heterocycles. The van der Waals surface area contributed by atoms with Crippen LogP contribution >= 0.6 is 0 Å². The highest BCUT2D eigenvalue weighted by molar-refractivity contribution is 5.88. The number of likely N-dealkylation sites (N-methyl/N-ethyl adjacent to an activating group) is 1. The van der Waals surface area contributed by atoms with E-state index in [2.05, 4.69) is 14.5 Å². The first kappa shape index (κ1) is 21.7. The number of halogens is 1. The van der Waals surface area contributed by atoms with Crippen molar-refractivity contribution in [3.05, 3.63) is 77.4 Å². The van der Waals surface area contributed by atoms with Gasteiger partial charge in [0.15, 0.2) is 0 Å². The number of hydrogen-bond donors (Lipinski definition) is 2. The Balaban J connectivity index is 1.94. The van der Waals surface area contributed by atoms with E-state index in [1.54, 1.807) is 18.2 Å². The lowest BCUT2D eigenvalue weighted by molar-refractivity contribution is 0.0696. The van der Waals surface area contributed by atoms with E-state index in [-0.39, 0.29) is 18.0 Å². The number of hydrogen-bond acceptors (Lipinski definition) is 4. The number of aryl methyl sites for hydroxylation is 1. The summed E-state index contributed by atoms with van der Waals surface area (Å²) < 4.78 is 15.3. The summed E-state index contributed by atoms with van der Waals surface area (Å²) in [5.74, 6) is -1.26. The van der Waals surface area contributed by atoms with Crippen LogP contribution in [0, 0.1) is 5.82 Å². The second-order valence-electron chi connectivity index (χ2n) is 7.07. The van der Waals surface area contributed by atoms with Crippen LogP contribution in [0.2, 0.25) is 0 Å². The number of aromatic nitrogens is 2. The smallest absolute Gasteiger partial charge is 0.335 e. The molecule has 30 heavy (non-hydrogen) atoms. The summed E-state index contributed by atoms with van der Waals surface area (Å²) in [6.45, 7) is 4.78. The van der Waals surface area contributed by atoms with Crippen molar-refractivity contribution in [3.8, 4) is 11.4 Å². The van der Waals surface area contributed by atoms with Crippen LogP contribution < -0.4 is 0 Å². The monoisotopic (exact) mass is 411 g/mol. The van der Waals surface area contributed by atoms with Crippen molar-refractivity contribution in [3.63, 3.8) is 0 Å². The van der Waals surface area contributed by atoms with E-state index in [9.17, 15) is 19.4 Å². The molecule has 3 aromatic rings. The molecule has 0 saturated carbocycles. The Kier molecular flexibility index (Phi) is 7.32. The van der Waals surface area contributed by atoms with Gasteiger partial charge in [-0.05, 0) is 54.9 Å². The summed E-state index contributed by atoms with van der Waals surface area (Å²) in [4.78, 5) is 17.9. The summed E-state index contributed by atoms with van der Waals surface area (Å²) in [6.07, 6.45) is 2.19. The fourth-order valence-electron chi connectivity index (χ4n) is 3.45. The molecule has 158 valence electrons. The highest BCUT2D eigenvalue weighted by Crippen LogP contribution is 2.24. The van der Waals surface area contributed by atoms with Gasteiger partial charge in [0, 0.05) is 31.5 Å². The molecule has 0 bridgehead atoms. The van der Waals surface area contributed by atoms with Crippen LogP contribution in [0.25, 0.3) is 11.4 Å². The quantitative estimate of drug-likeness (QED) is 0.534. The summed E-state index contributed by atoms with van der Waals surface area (Å²) >= 11 is 0. The highest BCUT2D eigenvalue weighted by atomic mass is 19.1. The zero-order chi connectivity index (χ0) is 21.5. The minimum atomic E-state index is -0.997. The third-order valence-electron chi connectivity index (χ3n) is 5.13. The van der Waals surface area contributed by atoms with Crippen LogP contribution in [0.1, 0.15) is 28.5 Å². The largest absolute Gasteiger partial charge is 0.478 e. The summed E-state index contributed by atoms with van der Waals surface area (Å²) in [7, 11) is 0. The molecule has 0 atom stereocenters. The van der Waals surface area contributed by atoms with Crippen LogP contribution in [-0.2, 0) is 19.5 Å². The van der Waals surface area contributed by atoms with Crippen molar-refractivity contribution in [1.29, 1.82) is 0 Å². The Morgan fingerprint density at radius 1 is 1.17 bits per heavy atom. The third kappa shape index (κ3) is 5.31. The predicted molar refractivity (Wildman–Crippen MR) is 113 cm³/mol. The number of benzene rings is 1. The van der Waals surface area contributed by atoms with Gasteiger partial charge in [-0.15, -0.1) is 0 Å². The molecule has 0 radical (unpaired) electrons. The van der Waals surface area contributed by atoms with E-state index in [1.807, 2.05) is 19.1 Å². The van der Waals surface area contributed by atoms with E-state index in [1.165, 1.54) is 24.4 Å². The third-order valence-corrected chi connectivity index (χ3v) is 5.13. The second-order valence-corrected chi connectivity index (χ2v) is 7.07. The standard InChI is InChI=1S/C23H26FN3O3/c1-2-26(13-14-28)16-20-7-8-22(21-15-18(23(29)30)9-11-25-21)27(20)12-10-17-3-5-19(24)6-4-17/h3-9,11,15,28H,2,10,12-14,16H2,1H3,(H,29,30). The fourth-order valence-corrected chi connectivity index (χ4v) is 3.45. The number of carbonyl (C=O) groups is 1. The van der Waals surface area contributed by atoms with Crippen LogP contribution in [0.5, 0.6) is 0 Å². The van der Waals surface area contributed by atoms with Crippen LogP contribution in [0.3, 0.4) is 0 Å². The normalized spacial score (nSPS) is 11.2. The van der Waals surface area contributed by atoms with Crippen molar-refractivity contribution < 1.29 is 19.4 Å². The Hall–Kier alpha value is -3.03. The predicted octanol–water partition coefficient (Wildman–Crippen LogP) is 3.44. The lowest BCUT2D eigenvalue weighted by Crippen LogP contribution is -2.27. The van der Waals surface area contributed by atoms with Crippen LogP contribution in [-0.4, -0.2) is 50.3 Å². The van der Waals surface area contributed by atoms with Gasteiger partial charge >= 0.3 is 5.97 Å². The molecule has 0 unspecified atom stereocenters. The molecule has 2 heterocycles. The number of pyridine rings is 1. The molecule has 0 fully saturated rings. The zero-order valence-corrected chi connectivity index (χ0v) is 17.0. The maximum Gasteiger partial charge on any atom is 0.335 e. The molecule has 7 heteroatoms. The lowest BCUT2D eigenvalue weighted by Gasteiger charge is -2.21. The Morgan fingerprint density at radius 3 is 2.60 bits per heavy atom. The van der Waals surface area contributed by atoms with E-state index in [0.29, 0.717) is 31.7 Å². The van der Waals surface area contributed by atoms with Gasteiger partial charge < -0.3 is 14.8 Å². The van der Waals surface area contributed by atoms with E-state index in [4.69, 9.17) is 0 Å². The number of carboxylic acids is 1. The maximum atomic E-state index is 13.2. The number of rotatable bonds is 10. The van der Waals surface area contributed by atoms with E-state index in [0.717, 1.165) is 23.5 Å². The van der Waals surface area contributed by atoms with Crippen molar-refractivity contribution in [2.45, 2.75) is 26.4 Å². The molecule has 0 aliphatic heterocycles. The molecular formula is C23H26FN3O3. The summed E-state index contributed by atoms with van der Waals surface area (Å²) in [6, 6.07) is 13.4. The van der Waals surface area contributed by atoms with Crippen LogP contribution in [0.15, 0.2) is 54.7 Å². The topological polar surface area (TPSA) is 78.6 Å². The van der Waals surface area contributed by atoms with Gasteiger partial charge in [0.1, 0.15) is 5.82 Å². The number of aromatic carboxylic acids is 1. The minimum absolute atomic E-state index is 0.0825. The van der Waals surface area contributed by atoms with Crippen molar-refractivity contribution in [1.82, 2.24) is 14.5 Å². The van der Waals surface area contributed by atoms with Gasteiger partial charge in [0.2, 0.25) is 0 Å². The van der Waals surface area contributed by atoms with Crippen molar-refractivity contribution in [2.24, 2.45) is 0 Å². The van der Waals surface area contributed by atoms with Gasteiger partial charge in [-0.25, -0.2) is 9.18 Å². The van der Waals surface area contributed by atoms with Gasteiger partial charge in [-0.1, -0.05) is 19.1 Å². The molecule has 2 N–H and O–H groups in total. The van der Waals surface area contributed by atoms with Gasteiger partial charge in [-0.2, -0.15) is 0 Å². The molecular weight excluding hydrogens is 385 g/mol. The molecule has 0 amide bonds. The highest BCUT2D eigenvalue weighted by Gasteiger charge is 2.15. The molecule has 1 aromatic carbocycles. The molecule has 3 rings (SSSR count).